The molecular formula is C21H19ClN2O4. The first-order chi connectivity index (χ1) is 13.5. The first-order valence-corrected chi connectivity index (χ1v) is 8.87. The maximum Gasteiger partial charge on any atom is 0.263 e. The number of anilines is 1. The van der Waals surface area contributed by atoms with Crippen molar-refractivity contribution in [2.45, 2.75) is 6.54 Å². The second-order valence-electron chi connectivity index (χ2n) is 6.01. The van der Waals surface area contributed by atoms with Crippen molar-refractivity contribution in [3.05, 3.63) is 87.3 Å². The normalized spacial score (nSPS) is 10.4. The van der Waals surface area contributed by atoms with Gasteiger partial charge in [-0.05, 0) is 42.0 Å². The van der Waals surface area contributed by atoms with Gasteiger partial charge in [0.15, 0.2) is 0 Å². The van der Waals surface area contributed by atoms with E-state index in [1.807, 2.05) is 12.1 Å². The smallest absolute Gasteiger partial charge is 0.263 e. The summed E-state index contributed by atoms with van der Waals surface area (Å²) >= 11 is 6.00. The molecule has 0 unspecified atom stereocenters. The Bertz CT molecular complexity index is 1060. The average Bonchev–Trinajstić information content (AvgIpc) is 2.70. The van der Waals surface area contributed by atoms with Gasteiger partial charge in [0, 0.05) is 17.3 Å². The molecule has 1 N–H and O–H groups in total. The first kappa shape index (κ1) is 19.5. The summed E-state index contributed by atoms with van der Waals surface area (Å²) in [5.41, 5.74) is 0.941. The van der Waals surface area contributed by atoms with Crippen LogP contribution in [0.3, 0.4) is 0 Å². The number of amides is 1. The SMILES string of the molecule is COc1ccc(NC(=O)c2cccn(Cc3cccc(Cl)c3)c2=O)c(OC)c1. The van der Waals surface area contributed by atoms with Crippen LogP contribution < -0.4 is 20.3 Å². The van der Waals surface area contributed by atoms with E-state index in [0.717, 1.165) is 5.56 Å². The second-order valence-corrected chi connectivity index (χ2v) is 6.44. The highest BCUT2D eigenvalue weighted by molar-refractivity contribution is 6.30. The molecule has 0 spiro atoms. The molecule has 0 aliphatic heterocycles. The summed E-state index contributed by atoms with van der Waals surface area (Å²) < 4.78 is 11.9. The number of hydrogen-bond acceptors (Lipinski definition) is 4. The van der Waals surface area contributed by atoms with Crippen molar-refractivity contribution in [3.8, 4) is 11.5 Å². The Labute approximate surface area is 167 Å². The Morgan fingerprint density at radius 1 is 1.07 bits per heavy atom. The Hall–Kier alpha value is -3.25. The number of benzene rings is 2. The van der Waals surface area contributed by atoms with Crippen molar-refractivity contribution < 1.29 is 14.3 Å². The van der Waals surface area contributed by atoms with E-state index in [1.54, 1.807) is 49.7 Å². The fourth-order valence-corrected chi connectivity index (χ4v) is 2.97. The number of methoxy groups -OCH3 is 2. The van der Waals surface area contributed by atoms with E-state index in [0.29, 0.717) is 28.8 Å². The van der Waals surface area contributed by atoms with Crippen LogP contribution in [0.4, 0.5) is 5.69 Å². The van der Waals surface area contributed by atoms with Gasteiger partial charge in [-0.25, -0.2) is 0 Å². The van der Waals surface area contributed by atoms with Gasteiger partial charge in [-0.1, -0.05) is 23.7 Å². The number of aromatic nitrogens is 1. The van der Waals surface area contributed by atoms with Crippen LogP contribution in [0.5, 0.6) is 11.5 Å². The summed E-state index contributed by atoms with van der Waals surface area (Å²) in [6.07, 6.45) is 1.63. The molecule has 3 aromatic rings. The van der Waals surface area contributed by atoms with Crippen molar-refractivity contribution in [3.63, 3.8) is 0 Å². The molecule has 2 aromatic carbocycles. The van der Waals surface area contributed by atoms with Gasteiger partial charge >= 0.3 is 0 Å². The molecule has 0 saturated carbocycles. The number of carbonyl (C=O) groups is 1. The van der Waals surface area contributed by atoms with E-state index in [2.05, 4.69) is 5.32 Å². The van der Waals surface area contributed by atoms with Crippen LogP contribution in [0.1, 0.15) is 15.9 Å². The summed E-state index contributed by atoms with van der Waals surface area (Å²) in [5, 5.41) is 3.31. The molecule has 1 heterocycles. The van der Waals surface area contributed by atoms with Gasteiger partial charge in [-0.15, -0.1) is 0 Å². The molecule has 6 nitrogen and oxygen atoms in total. The fourth-order valence-electron chi connectivity index (χ4n) is 2.76. The zero-order valence-electron chi connectivity index (χ0n) is 15.4. The van der Waals surface area contributed by atoms with E-state index in [-0.39, 0.29) is 5.56 Å². The highest BCUT2D eigenvalue weighted by Crippen LogP contribution is 2.29. The number of halogens is 1. The van der Waals surface area contributed by atoms with Crippen LogP contribution in [0, 0.1) is 0 Å². The van der Waals surface area contributed by atoms with Crippen molar-refractivity contribution in [1.29, 1.82) is 0 Å². The molecule has 3 rings (SSSR count). The lowest BCUT2D eigenvalue weighted by atomic mass is 10.2. The number of carbonyl (C=O) groups excluding carboxylic acids is 1. The van der Waals surface area contributed by atoms with E-state index in [1.165, 1.54) is 17.7 Å². The lowest BCUT2D eigenvalue weighted by Crippen LogP contribution is -2.29. The Morgan fingerprint density at radius 2 is 1.89 bits per heavy atom. The van der Waals surface area contributed by atoms with Crippen LogP contribution in [0.25, 0.3) is 0 Å². The summed E-state index contributed by atoms with van der Waals surface area (Å²) in [5.74, 6) is 0.509. The maximum atomic E-state index is 12.8. The zero-order valence-corrected chi connectivity index (χ0v) is 16.2. The quantitative estimate of drug-likeness (QED) is 0.685. The molecule has 7 heteroatoms. The van der Waals surface area contributed by atoms with Gasteiger partial charge in [0.25, 0.3) is 11.5 Å². The van der Waals surface area contributed by atoms with Gasteiger partial charge < -0.3 is 19.4 Å². The monoisotopic (exact) mass is 398 g/mol. The predicted octanol–water partition coefficient (Wildman–Crippen LogP) is 3.82. The van der Waals surface area contributed by atoms with Crippen molar-refractivity contribution >= 4 is 23.2 Å². The zero-order chi connectivity index (χ0) is 20.1. The lowest BCUT2D eigenvalue weighted by molar-refractivity contribution is 0.102. The van der Waals surface area contributed by atoms with Crippen LogP contribution in [0.2, 0.25) is 5.02 Å². The molecule has 0 fully saturated rings. The minimum atomic E-state index is -0.520. The van der Waals surface area contributed by atoms with Crippen molar-refractivity contribution in [2.24, 2.45) is 0 Å². The average molecular weight is 399 g/mol. The third kappa shape index (κ3) is 4.35. The molecule has 1 amide bonds. The predicted molar refractivity (Wildman–Crippen MR) is 109 cm³/mol. The number of hydrogen-bond donors (Lipinski definition) is 1. The molecule has 0 radical (unpaired) electrons. The van der Waals surface area contributed by atoms with E-state index in [4.69, 9.17) is 21.1 Å². The molecular weight excluding hydrogens is 380 g/mol. The molecule has 0 bridgehead atoms. The number of rotatable bonds is 6. The number of pyridine rings is 1. The number of nitrogens with one attached hydrogen (secondary N) is 1. The first-order valence-electron chi connectivity index (χ1n) is 8.49. The summed E-state index contributed by atoms with van der Waals surface area (Å²) in [7, 11) is 3.03. The Morgan fingerprint density at radius 3 is 2.61 bits per heavy atom. The van der Waals surface area contributed by atoms with Gasteiger partial charge in [0.1, 0.15) is 17.1 Å². The van der Waals surface area contributed by atoms with Gasteiger partial charge in [-0.3, -0.25) is 9.59 Å². The number of ether oxygens (including phenoxy) is 2. The van der Waals surface area contributed by atoms with Crippen molar-refractivity contribution in [1.82, 2.24) is 4.57 Å². The van der Waals surface area contributed by atoms with Crippen LogP contribution in [-0.2, 0) is 6.54 Å². The molecule has 0 atom stereocenters. The molecule has 1 aromatic heterocycles. The molecule has 0 aliphatic carbocycles. The van der Waals surface area contributed by atoms with E-state index >= 15 is 0 Å². The van der Waals surface area contributed by atoms with Gasteiger partial charge in [-0.2, -0.15) is 0 Å². The lowest BCUT2D eigenvalue weighted by Gasteiger charge is -2.12. The highest BCUT2D eigenvalue weighted by Gasteiger charge is 2.15. The summed E-state index contributed by atoms with van der Waals surface area (Å²) in [6.45, 7) is 0.312. The van der Waals surface area contributed by atoms with E-state index < -0.39 is 11.5 Å². The minimum absolute atomic E-state index is 0.0300. The molecule has 0 aliphatic rings. The largest absolute Gasteiger partial charge is 0.497 e. The van der Waals surface area contributed by atoms with Crippen LogP contribution in [-0.4, -0.2) is 24.7 Å². The summed E-state index contributed by atoms with van der Waals surface area (Å²) in [6, 6.07) is 15.4. The standard InChI is InChI=1S/C21H19ClN2O4/c1-27-16-8-9-18(19(12-16)28-2)23-20(25)17-7-4-10-24(21(17)26)13-14-5-3-6-15(22)11-14/h3-12H,13H2,1-2H3,(H,23,25). The van der Waals surface area contributed by atoms with E-state index in [9.17, 15) is 9.59 Å². The minimum Gasteiger partial charge on any atom is -0.497 e. The Balaban J connectivity index is 1.86. The summed E-state index contributed by atoms with van der Waals surface area (Å²) in [4.78, 5) is 25.4. The molecule has 0 saturated heterocycles. The van der Waals surface area contributed by atoms with Gasteiger partial charge in [0.05, 0.1) is 26.5 Å². The molecule has 28 heavy (non-hydrogen) atoms. The highest BCUT2D eigenvalue weighted by atomic mass is 35.5. The van der Waals surface area contributed by atoms with Gasteiger partial charge in [0.2, 0.25) is 0 Å². The maximum absolute atomic E-state index is 12.8. The fraction of sp³-hybridized carbons (Fsp3) is 0.143. The number of nitrogens with zero attached hydrogens (tertiary/aromatic N) is 1. The van der Waals surface area contributed by atoms with Crippen molar-refractivity contribution in [2.75, 3.05) is 19.5 Å². The second kappa shape index (κ2) is 8.63. The third-order valence-corrected chi connectivity index (χ3v) is 4.40. The Kier molecular flexibility index (Phi) is 6.01. The molecule has 144 valence electrons. The van der Waals surface area contributed by atoms with Crippen LogP contribution in [0.15, 0.2) is 65.6 Å². The topological polar surface area (TPSA) is 69.6 Å². The van der Waals surface area contributed by atoms with Crippen LogP contribution >= 0.6 is 11.6 Å². The third-order valence-electron chi connectivity index (χ3n) is 4.16.